The Hall–Kier alpha value is -1.12. The topological polar surface area (TPSA) is 45.4 Å². The molecule has 1 rings (SSSR count). The quantitative estimate of drug-likeness (QED) is 0.532. The van der Waals surface area contributed by atoms with Crippen molar-refractivity contribution in [1.82, 2.24) is 0 Å². The van der Waals surface area contributed by atoms with E-state index in [-0.39, 0.29) is 0 Å². The van der Waals surface area contributed by atoms with Crippen molar-refractivity contribution >= 4 is 0 Å². The number of rotatable bonds is 1. The van der Waals surface area contributed by atoms with E-state index in [1.54, 1.807) is 19.1 Å². The van der Waals surface area contributed by atoms with Crippen molar-refractivity contribution in [2.75, 3.05) is 0 Å². The lowest BCUT2D eigenvalue weighted by atomic mass is 10.2. The van der Waals surface area contributed by atoms with Gasteiger partial charge in [0.05, 0.1) is 6.26 Å². The normalized spacial score (nSPS) is 31.7. The second-order valence-corrected chi connectivity index (χ2v) is 1.97. The molecule has 1 heterocycles. The first-order chi connectivity index (χ1) is 4.27. The summed E-state index contributed by atoms with van der Waals surface area (Å²) in [5.41, 5.74) is 5.95. The van der Waals surface area contributed by atoms with Gasteiger partial charge in [0.15, 0.2) is 0 Å². The van der Waals surface area contributed by atoms with Crippen LogP contribution >= 0.6 is 0 Å². The molecule has 3 heteroatoms. The fourth-order valence-electron chi connectivity index (χ4n) is 0.559. The zero-order valence-electron chi connectivity index (χ0n) is 5.16. The second kappa shape index (κ2) is 2.01. The van der Waals surface area contributed by atoms with Gasteiger partial charge in [0.1, 0.15) is 0 Å². The summed E-state index contributed by atoms with van der Waals surface area (Å²) in [5.74, 6) is 0. The highest BCUT2D eigenvalue weighted by molar-refractivity contribution is 5.11. The maximum absolute atomic E-state index is 6.71. The minimum absolute atomic E-state index is 0.755. The van der Waals surface area contributed by atoms with Gasteiger partial charge in [0, 0.05) is 6.92 Å². The van der Waals surface area contributed by atoms with Crippen LogP contribution in [-0.2, 0) is 4.74 Å². The van der Waals surface area contributed by atoms with E-state index in [1.165, 1.54) is 6.26 Å². The molecule has 1 aliphatic heterocycles. The first kappa shape index (κ1) is 6.01. The summed E-state index contributed by atoms with van der Waals surface area (Å²) in [5, 5.41) is 3.27. The molecule has 0 radical (unpaired) electrons. The minimum Gasteiger partial charge on any atom is -0.469 e. The molecule has 3 nitrogen and oxygen atoms in total. The number of ether oxygens (including phenoxy) is 1. The highest BCUT2D eigenvalue weighted by atomic mass is 16.5. The number of nitrogens with one attached hydrogen (secondary N) is 1. The molecule has 1 N–H and O–H groups in total. The molecule has 0 aromatic rings. The fourth-order valence-corrected chi connectivity index (χ4v) is 0.559. The van der Waals surface area contributed by atoms with Crippen molar-refractivity contribution in [3.8, 4) is 0 Å². The smallest absolute Gasteiger partial charge is 0.234 e. The molecular weight excluding hydrogens is 116 g/mol. The fraction of sp³-hybridized carbons (Fsp3) is 0.333. The van der Waals surface area contributed by atoms with E-state index in [2.05, 4.69) is 5.11 Å². The molecule has 0 spiro atoms. The maximum atomic E-state index is 6.71. The van der Waals surface area contributed by atoms with Crippen LogP contribution in [0.4, 0.5) is 0 Å². The third kappa shape index (κ3) is 1.16. The molecule has 0 bridgehead atoms. The molecule has 0 fully saturated rings. The van der Waals surface area contributed by atoms with E-state index in [1.807, 2.05) is 6.08 Å². The van der Waals surface area contributed by atoms with Crippen molar-refractivity contribution in [2.24, 2.45) is 5.11 Å². The van der Waals surface area contributed by atoms with E-state index < -0.39 is 5.72 Å². The van der Waals surface area contributed by atoms with Gasteiger partial charge >= 0.3 is 0 Å². The van der Waals surface area contributed by atoms with E-state index >= 15 is 0 Å². The van der Waals surface area contributed by atoms with Crippen molar-refractivity contribution in [1.29, 1.82) is 5.53 Å². The van der Waals surface area contributed by atoms with Crippen molar-refractivity contribution in [3.05, 3.63) is 24.5 Å². The summed E-state index contributed by atoms with van der Waals surface area (Å²) in [6.45, 7) is 1.72. The Labute approximate surface area is 53.5 Å². The second-order valence-electron chi connectivity index (χ2n) is 1.97. The molecule has 1 unspecified atom stereocenters. The average Bonchev–Trinajstić information content (AvgIpc) is 1.90. The van der Waals surface area contributed by atoms with E-state index in [0.717, 1.165) is 0 Å². The van der Waals surface area contributed by atoms with Gasteiger partial charge in [0.25, 0.3) is 0 Å². The Kier molecular flexibility index (Phi) is 1.34. The first-order valence-electron chi connectivity index (χ1n) is 2.68. The Morgan fingerprint density at radius 1 is 1.56 bits per heavy atom. The number of nitrogens with zero attached hydrogens (tertiary/aromatic N) is 1. The van der Waals surface area contributed by atoms with Crippen LogP contribution in [0.25, 0.3) is 0 Å². The monoisotopic (exact) mass is 124 g/mol. The van der Waals surface area contributed by atoms with E-state index in [9.17, 15) is 0 Å². The van der Waals surface area contributed by atoms with Crippen molar-refractivity contribution < 1.29 is 4.74 Å². The molecular formula is C6H8N2O. The SMILES string of the molecule is CC1(N=N)C=CC=CO1. The Bertz CT molecular complexity index is 174. The lowest BCUT2D eigenvalue weighted by Crippen LogP contribution is -2.20. The van der Waals surface area contributed by atoms with Gasteiger partial charge in [-0.25, -0.2) is 5.53 Å². The Morgan fingerprint density at radius 3 is 2.67 bits per heavy atom. The van der Waals surface area contributed by atoms with Gasteiger partial charge in [-0.05, 0) is 12.2 Å². The molecule has 48 valence electrons. The van der Waals surface area contributed by atoms with Gasteiger partial charge < -0.3 is 4.74 Å². The van der Waals surface area contributed by atoms with Crippen LogP contribution in [0.3, 0.4) is 0 Å². The van der Waals surface area contributed by atoms with Crippen LogP contribution < -0.4 is 0 Å². The zero-order chi connectivity index (χ0) is 6.74. The summed E-state index contributed by atoms with van der Waals surface area (Å²) in [6, 6.07) is 0. The summed E-state index contributed by atoms with van der Waals surface area (Å²) in [6.07, 6.45) is 6.81. The van der Waals surface area contributed by atoms with E-state index in [0.29, 0.717) is 0 Å². The Balaban J connectivity index is 2.73. The third-order valence-electron chi connectivity index (χ3n) is 1.12. The standard InChI is InChI=1S/C6H8N2O/c1-6(8-7)4-2-3-5-9-6/h2-5,7H,1H3. The van der Waals surface area contributed by atoms with Gasteiger partial charge in [-0.1, -0.05) is 6.08 Å². The number of allylic oxidation sites excluding steroid dienone is 2. The zero-order valence-corrected chi connectivity index (χ0v) is 5.16. The van der Waals surface area contributed by atoms with Crippen LogP contribution in [0.1, 0.15) is 6.92 Å². The van der Waals surface area contributed by atoms with Crippen LogP contribution in [0.15, 0.2) is 29.6 Å². The summed E-state index contributed by atoms with van der Waals surface area (Å²) >= 11 is 0. The lowest BCUT2D eigenvalue weighted by Gasteiger charge is -2.19. The molecule has 1 aliphatic rings. The minimum atomic E-state index is -0.755. The van der Waals surface area contributed by atoms with Gasteiger partial charge in [-0.15, -0.1) is 5.11 Å². The predicted octanol–water partition coefficient (Wildman–Crippen LogP) is 1.83. The Morgan fingerprint density at radius 2 is 2.33 bits per heavy atom. The molecule has 9 heavy (non-hydrogen) atoms. The van der Waals surface area contributed by atoms with Gasteiger partial charge in [-0.3, -0.25) is 0 Å². The summed E-state index contributed by atoms with van der Waals surface area (Å²) in [4.78, 5) is 0. The molecule has 0 saturated carbocycles. The maximum Gasteiger partial charge on any atom is 0.234 e. The molecule has 1 atom stereocenters. The summed E-state index contributed by atoms with van der Waals surface area (Å²) < 4.78 is 4.99. The lowest BCUT2D eigenvalue weighted by molar-refractivity contribution is 0.0819. The summed E-state index contributed by atoms with van der Waals surface area (Å²) in [7, 11) is 0. The molecule has 0 aliphatic carbocycles. The molecule has 0 saturated heterocycles. The first-order valence-corrected chi connectivity index (χ1v) is 2.68. The molecule has 0 aromatic heterocycles. The largest absolute Gasteiger partial charge is 0.469 e. The highest BCUT2D eigenvalue weighted by Gasteiger charge is 2.19. The molecule has 0 amide bonds. The third-order valence-corrected chi connectivity index (χ3v) is 1.12. The van der Waals surface area contributed by atoms with Gasteiger partial charge in [0.2, 0.25) is 5.72 Å². The van der Waals surface area contributed by atoms with Gasteiger partial charge in [-0.2, -0.15) is 0 Å². The number of hydrogen-bond acceptors (Lipinski definition) is 3. The van der Waals surface area contributed by atoms with Crippen LogP contribution in [0.2, 0.25) is 0 Å². The van der Waals surface area contributed by atoms with Crippen molar-refractivity contribution in [3.63, 3.8) is 0 Å². The van der Waals surface area contributed by atoms with Crippen LogP contribution in [0.5, 0.6) is 0 Å². The molecule has 0 aromatic carbocycles. The van der Waals surface area contributed by atoms with Crippen LogP contribution in [-0.4, -0.2) is 5.72 Å². The highest BCUT2D eigenvalue weighted by Crippen LogP contribution is 2.17. The predicted molar refractivity (Wildman–Crippen MR) is 32.9 cm³/mol. The average molecular weight is 124 g/mol. The van der Waals surface area contributed by atoms with Crippen LogP contribution in [0, 0.1) is 5.53 Å². The van der Waals surface area contributed by atoms with Crippen molar-refractivity contribution in [2.45, 2.75) is 12.6 Å². The van der Waals surface area contributed by atoms with E-state index in [4.69, 9.17) is 10.3 Å². The number of hydrogen-bond donors (Lipinski definition) is 1.